The first-order chi connectivity index (χ1) is 37.8. The van der Waals surface area contributed by atoms with Gasteiger partial charge in [0.1, 0.15) is 24.4 Å². The van der Waals surface area contributed by atoms with Crippen LogP contribution in [0.1, 0.15) is 245 Å². The van der Waals surface area contributed by atoms with Crippen LogP contribution in [0.25, 0.3) is 0 Å². The zero-order chi connectivity index (χ0) is 55.8. The number of hydrogen-bond acceptors (Lipinski definition) is 8. The van der Waals surface area contributed by atoms with Gasteiger partial charge in [-0.15, -0.1) is 0 Å². The molecule has 9 nitrogen and oxygen atoms in total. The summed E-state index contributed by atoms with van der Waals surface area (Å²) in [6.07, 6.45) is 76.6. The van der Waals surface area contributed by atoms with Crippen molar-refractivity contribution in [1.29, 1.82) is 0 Å². The summed E-state index contributed by atoms with van der Waals surface area (Å²) < 4.78 is 11.3. The zero-order valence-corrected chi connectivity index (χ0v) is 48.9. The Bertz CT molecular complexity index is 1620. The van der Waals surface area contributed by atoms with Crippen molar-refractivity contribution in [2.24, 2.45) is 0 Å². The monoisotopic (exact) mass is 1070 g/mol. The Labute approximate surface area is 471 Å². The molecule has 1 saturated heterocycles. The topological polar surface area (TPSA) is 149 Å². The molecule has 440 valence electrons. The molecule has 0 aliphatic carbocycles. The number of carbonyl (C=O) groups excluding carboxylic acids is 1. The van der Waals surface area contributed by atoms with Gasteiger partial charge in [-0.25, -0.2) is 0 Å². The van der Waals surface area contributed by atoms with Crippen molar-refractivity contribution in [3.8, 4) is 0 Å². The molecule has 7 unspecified atom stereocenters. The second-order valence-electron chi connectivity index (χ2n) is 21.1. The molecule has 1 fully saturated rings. The van der Waals surface area contributed by atoms with Gasteiger partial charge in [0.05, 0.1) is 25.4 Å². The Morgan fingerprint density at radius 2 is 0.805 bits per heavy atom. The van der Waals surface area contributed by atoms with E-state index in [1.54, 1.807) is 0 Å². The number of amides is 1. The van der Waals surface area contributed by atoms with Gasteiger partial charge >= 0.3 is 0 Å². The fourth-order valence-corrected chi connectivity index (χ4v) is 9.19. The second-order valence-corrected chi connectivity index (χ2v) is 21.1. The van der Waals surface area contributed by atoms with Crippen molar-refractivity contribution in [1.82, 2.24) is 5.32 Å². The second kappa shape index (κ2) is 55.9. The van der Waals surface area contributed by atoms with Crippen LogP contribution in [0.4, 0.5) is 0 Å². The van der Waals surface area contributed by atoms with Crippen LogP contribution in [-0.2, 0) is 14.3 Å². The van der Waals surface area contributed by atoms with Crippen molar-refractivity contribution in [2.75, 3.05) is 13.2 Å². The summed E-state index contributed by atoms with van der Waals surface area (Å²) in [5.41, 5.74) is 0. The third-order valence-corrected chi connectivity index (χ3v) is 14.1. The summed E-state index contributed by atoms with van der Waals surface area (Å²) in [5, 5.41) is 54.7. The molecule has 0 radical (unpaired) electrons. The van der Waals surface area contributed by atoms with E-state index >= 15 is 0 Å². The minimum absolute atomic E-state index is 0.163. The van der Waals surface area contributed by atoms with Gasteiger partial charge in [0.2, 0.25) is 5.91 Å². The number of unbranched alkanes of at least 4 members (excludes halogenated alkanes) is 22. The molecule has 1 amide bonds. The quantitative estimate of drug-likeness (QED) is 0.0261. The van der Waals surface area contributed by atoms with Crippen LogP contribution >= 0.6 is 0 Å². The normalized spacial score (nSPS) is 19.6. The molecular weight excluding hydrogens is 959 g/mol. The van der Waals surface area contributed by atoms with E-state index in [-0.39, 0.29) is 12.5 Å². The molecule has 7 atom stereocenters. The molecule has 0 aromatic heterocycles. The zero-order valence-electron chi connectivity index (χ0n) is 48.9. The summed E-state index contributed by atoms with van der Waals surface area (Å²) in [6.45, 7) is 3.71. The van der Waals surface area contributed by atoms with E-state index in [1.807, 2.05) is 0 Å². The van der Waals surface area contributed by atoms with E-state index in [4.69, 9.17) is 9.47 Å². The van der Waals surface area contributed by atoms with Crippen molar-refractivity contribution in [3.63, 3.8) is 0 Å². The first-order valence-corrected chi connectivity index (χ1v) is 31.2. The summed E-state index contributed by atoms with van der Waals surface area (Å²) >= 11 is 0. The van der Waals surface area contributed by atoms with Crippen LogP contribution in [0, 0.1) is 0 Å². The SMILES string of the molecule is CC/C=C\C/C=C\C/C=C\C/C=C\C/C=C\C/C=C\C/C=C\C/C=C\C/C=C\C/C=C\CCCCC(=O)NC(COC1OC(CO)C(O)C(O)C1O)C(O)CCCCCCCCCCCCCCCCCCCCCCC. The molecular formula is C68H115NO8. The number of allylic oxidation sites excluding steroid dienone is 20. The maximum atomic E-state index is 13.1. The van der Waals surface area contributed by atoms with Crippen LogP contribution in [0.15, 0.2) is 122 Å². The first kappa shape index (κ1) is 71.6. The predicted octanol–water partition coefficient (Wildman–Crippen LogP) is 16.3. The van der Waals surface area contributed by atoms with Gasteiger partial charge in [-0.1, -0.05) is 270 Å². The molecule has 9 heteroatoms. The number of hydrogen-bond donors (Lipinski definition) is 6. The highest BCUT2D eigenvalue weighted by atomic mass is 16.7. The minimum Gasteiger partial charge on any atom is -0.394 e. The predicted molar refractivity (Wildman–Crippen MR) is 327 cm³/mol. The number of aliphatic hydroxyl groups excluding tert-OH is 5. The Hall–Kier alpha value is -3.41. The fraction of sp³-hybridized carbons (Fsp3) is 0.691. The molecule has 1 rings (SSSR count). The number of carbonyl (C=O) groups is 1. The maximum Gasteiger partial charge on any atom is 0.220 e. The van der Waals surface area contributed by atoms with Crippen LogP contribution < -0.4 is 5.32 Å². The fourth-order valence-electron chi connectivity index (χ4n) is 9.19. The van der Waals surface area contributed by atoms with Crippen LogP contribution in [0.3, 0.4) is 0 Å². The number of nitrogens with one attached hydrogen (secondary N) is 1. The van der Waals surface area contributed by atoms with Gasteiger partial charge < -0.3 is 40.3 Å². The first-order valence-electron chi connectivity index (χ1n) is 31.2. The molecule has 77 heavy (non-hydrogen) atoms. The molecule has 0 bridgehead atoms. The van der Waals surface area contributed by atoms with Gasteiger partial charge in [-0.05, 0) is 89.9 Å². The smallest absolute Gasteiger partial charge is 0.220 e. The highest BCUT2D eigenvalue weighted by Crippen LogP contribution is 2.23. The number of rotatable bonds is 52. The minimum atomic E-state index is -1.57. The molecule has 1 aliphatic heterocycles. The van der Waals surface area contributed by atoms with Crippen LogP contribution in [0.5, 0.6) is 0 Å². The van der Waals surface area contributed by atoms with E-state index in [0.29, 0.717) is 19.3 Å². The van der Waals surface area contributed by atoms with Gasteiger partial charge in [-0.2, -0.15) is 0 Å². The van der Waals surface area contributed by atoms with Crippen molar-refractivity contribution in [3.05, 3.63) is 122 Å². The van der Waals surface area contributed by atoms with Gasteiger partial charge in [0.25, 0.3) is 0 Å². The summed E-state index contributed by atoms with van der Waals surface area (Å²) in [4.78, 5) is 13.1. The summed E-state index contributed by atoms with van der Waals surface area (Å²) in [7, 11) is 0. The van der Waals surface area contributed by atoms with E-state index in [1.165, 1.54) is 116 Å². The average molecular weight is 1070 g/mol. The maximum absolute atomic E-state index is 13.1. The third-order valence-electron chi connectivity index (χ3n) is 14.1. The molecule has 1 heterocycles. The van der Waals surface area contributed by atoms with Crippen molar-refractivity contribution in [2.45, 2.75) is 288 Å². The van der Waals surface area contributed by atoms with Crippen molar-refractivity contribution >= 4 is 5.91 Å². The Morgan fingerprint density at radius 3 is 1.17 bits per heavy atom. The summed E-state index contributed by atoms with van der Waals surface area (Å²) in [6, 6.07) is -0.753. The molecule has 0 spiro atoms. The molecule has 0 aromatic carbocycles. The Morgan fingerprint density at radius 1 is 0.455 bits per heavy atom. The largest absolute Gasteiger partial charge is 0.394 e. The average Bonchev–Trinajstić information content (AvgIpc) is 3.43. The third kappa shape index (κ3) is 45.1. The molecule has 6 N–H and O–H groups in total. The lowest BCUT2D eigenvalue weighted by Crippen LogP contribution is -2.60. The van der Waals surface area contributed by atoms with E-state index in [9.17, 15) is 30.3 Å². The Kier molecular flexibility index (Phi) is 52.0. The van der Waals surface area contributed by atoms with Gasteiger partial charge in [0.15, 0.2) is 6.29 Å². The molecule has 1 aliphatic rings. The lowest BCUT2D eigenvalue weighted by Gasteiger charge is -2.40. The van der Waals surface area contributed by atoms with Crippen LogP contribution in [0.2, 0.25) is 0 Å². The van der Waals surface area contributed by atoms with Gasteiger partial charge in [-0.3, -0.25) is 4.79 Å². The number of aliphatic hydroxyl groups is 5. The molecule has 0 saturated carbocycles. The summed E-state index contributed by atoms with van der Waals surface area (Å²) in [5.74, 6) is -0.189. The van der Waals surface area contributed by atoms with Crippen molar-refractivity contribution < 1.29 is 39.8 Å². The van der Waals surface area contributed by atoms with E-state index in [0.717, 1.165) is 96.3 Å². The van der Waals surface area contributed by atoms with E-state index in [2.05, 4.69) is 141 Å². The lowest BCUT2D eigenvalue weighted by molar-refractivity contribution is -0.302. The highest BCUT2D eigenvalue weighted by molar-refractivity contribution is 5.76. The molecule has 0 aromatic rings. The van der Waals surface area contributed by atoms with E-state index < -0.39 is 49.5 Å². The number of ether oxygens (including phenoxy) is 2. The lowest BCUT2D eigenvalue weighted by atomic mass is 9.99. The standard InChI is InChI=1S/C68H115NO8/c1-3-5-7-9-11-13-15-17-19-21-23-25-26-27-28-29-30-31-32-33-34-35-36-38-40-42-44-46-48-50-52-54-56-58-64(72)69-61(60-76-68-67(75)66(74)65(73)63(59-70)77-68)62(71)57-55-53-51-49-47-45-43-41-39-37-24-22-20-18-16-14-12-10-8-6-4-2/h5,7,11,13,17,19,23,25,27-28,30-31,33-34,36,38,42,44,48,50,61-63,65-68,70-71,73-75H,3-4,6,8-10,12,14-16,18,20-22,24,26,29,32,35,37,39-41,43,45-47,49,51-60H2,1-2H3,(H,69,72)/b7-5-,13-11-,19-17-,25-23-,28-27-,31-30-,34-33-,38-36-,44-42-,50-48-. The highest BCUT2D eigenvalue weighted by Gasteiger charge is 2.44. The van der Waals surface area contributed by atoms with Gasteiger partial charge in [0, 0.05) is 6.42 Å². The van der Waals surface area contributed by atoms with Crippen LogP contribution in [-0.4, -0.2) is 87.5 Å². The Balaban J connectivity index is 2.24.